The molecule has 0 atom stereocenters. The van der Waals surface area contributed by atoms with Gasteiger partial charge in [-0.1, -0.05) is 6.07 Å². The van der Waals surface area contributed by atoms with Gasteiger partial charge in [0.05, 0.1) is 0 Å². The van der Waals surface area contributed by atoms with Crippen molar-refractivity contribution in [2.24, 2.45) is 0 Å². The molecule has 68 valence electrons. The summed E-state index contributed by atoms with van der Waals surface area (Å²) in [5.41, 5.74) is 0.0959. The number of hydrogen-bond donors (Lipinski definition) is 1. The lowest BCUT2D eigenvalue weighted by Gasteiger charge is -1.94. The van der Waals surface area contributed by atoms with E-state index in [1.54, 1.807) is 12.1 Å². The summed E-state index contributed by atoms with van der Waals surface area (Å²) in [6.07, 6.45) is 1.43. The van der Waals surface area contributed by atoms with Crippen LogP contribution in [0.15, 0.2) is 24.4 Å². The summed E-state index contributed by atoms with van der Waals surface area (Å²) in [5, 5.41) is 1.83. The summed E-state index contributed by atoms with van der Waals surface area (Å²) in [7, 11) is 0. The fraction of sp³-hybridized carbons (Fsp3) is 0.143. The molecule has 0 saturated carbocycles. The molecule has 0 aromatic carbocycles. The van der Waals surface area contributed by atoms with Crippen LogP contribution in [0.4, 0.5) is 0 Å². The van der Waals surface area contributed by atoms with Crippen LogP contribution in [-0.4, -0.2) is 17.9 Å². The van der Waals surface area contributed by atoms with Crippen molar-refractivity contribution in [1.29, 1.82) is 0 Å². The number of halogens is 2. The maximum absolute atomic E-state index is 11.1. The summed E-state index contributed by atoms with van der Waals surface area (Å²) in [5.74, 6) is -0.694. The summed E-state index contributed by atoms with van der Waals surface area (Å²) >= 11 is 0. The molecule has 1 amide bonds. The van der Waals surface area contributed by atoms with E-state index in [0.29, 0.717) is 0 Å². The van der Waals surface area contributed by atoms with Crippen molar-refractivity contribution >= 4 is 30.7 Å². The lowest BCUT2D eigenvalue weighted by molar-refractivity contribution is 0.0958. The zero-order valence-electron chi connectivity index (χ0n) is 8.98. The fourth-order valence-corrected chi connectivity index (χ4v) is 0.561. The first-order valence-electron chi connectivity index (χ1n) is 4.22. The zero-order valence-corrected chi connectivity index (χ0v) is 7.61. The summed E-state index contributed by atoms with van der Waals surface area (Å²) in [4.78, 5) is 14.8. The molecule has 0 fully saturated rings. The van der Waals surface area contributed by atoms with Crippen molar-refractivity contribution in [3.8, 4) is 0 Å². The van der Waals surface area contributed by atoms with Crippen LogP contribution in [0.2, 0.25) is 0 Å². The molecule has 12 heavy (non-hydrogen) atoms. The number of carbonyl (C=O) groups is 1. The maximum atomic E-state index is 11.1. The Morgan fingerprint density at radius 3 is 2.83 bits per heavy atom. The van der Waals surface area contributed by atoms with Crippen molar-refractivity contribution in [2.75, 3.05) is 6.98 Å². The number of amides is 1. The van der Waals surface area contributed by atoms with Crippen LogP contribution in [0.25, 0.3) is 0 Å². The average Bonchev–Trinajstić information content (AvgIpc) is 2.03. The Hall–Kier alpha value is -0.800. The van der Waals surface area contributed by atoms with Gasteiger partial charge in [-0.3, -0.25) is 9.78 Å². The van der Waals surface area contributed by atoms with Crippen LogP contribution in [0.1, 0.15) is 14.6 Å². The molecule has 0 aliphatic rings. The molecule has 1 N–H and O–H groups in total. The highest BCUT2D eigenvalue weighted by Crippen LogP contribution is 1.90. The highest BCUT2D eigenvalue weighted by Gasteiger charge is 1.99. The summed E-state index contributed by atoms with van der Waals surface area (Å²) in [6.45, 7) is -2.46. The van der Waals surface area contributed by atoms with Crippen LogP contribution >= 0.6 is 24.8 Å². The van der Waals surface area contributed by atoms with Crippen molar-refractivity contribution in [3.05, 3.63) is 30.1 Å². The van der Waals surface area contributed by atoms with E-state index in [4.69, 9.17) is 4.11 Å². The van der Waals surface area contributed by atoms with E-state index in [-0.39, 0.29) is 30.5 Å². The van der Waals surface area contributed by atoms with E-state index >= 15 is 0 Å². The number of carbonyl (C=O) groups excluding carboxylic acids is 1. The van der Waals surface area contributed by atoms with Gasteiger partial charge in [0, 0.05) is 17.3 Å². The summed E-state index contributed by atoms with van der Waals surface area (Å²) < 4.78 is 20.4. The minimum absolute atomic E-state index is 0. The fourth-order valence-electron chi connectivity index (χ4n) is 0.561. The lowest BCUT2D eigenvalue weighted by Crippen LogP contribution is -2.18. The van der Waals surface area contributed by atoms with Crippen molar-refractivity contribution in [1.82, 2.24) is 10.3 Å². The largest absolute Gasteiger partial charge is 0.354 e. The molecular weight excluding hydrogens is 199 g/mol. The van der Waals surface area contributed by atoms with E-state index in [2.05, 4.69) is 4.98 Å². The first-order valence-corrected chi connectivity index (χ1v) is 2.72. The highest BCUT2D eigenvalue weighted by molar-refractivity contribution is 5.91. The topological polar surface area (TPSA) is 42.0 Å². The molecule has 0 unspecified atom stereocenters. The van der Waals surface area contributed by atoms with Gasteiger partial charge in [-0.05, 0) is 12.1 Å². The standard InChI is InChI=1S/C7H8N2O.2ClH/c1-8-7(10)6-4-2-3-5-9-6;;/h2-5H,1H3,(H,8,10);2*1H/i1D3;;. The van der Waals surface area contributed by atoms with Crippen molar-refractivity contribution < 1.29 is 8.91 Å². The first kappa shape index (κ1) is 7.83. The molecule has 0 radical (unpaired) electrons. The molecule has 1 heterocycles. The van der Waals surface area contributed by atoms with Gasteiger partial charge >= 0.3 is 0 Å². The minimum atomic E-state index is -2.46. The quantitative estimate of drug-likeness (QED) is 0.761. The minimum Gasteiger partial charge on any atom is -0.354 e. The van der Waals surface area contributed by atoms with E-state index in [1.165, 1.54) is 12.3 Å². The number of nitrogens with one attached hydrogen (secondary N) is 1. The van der Waals surface area contributed by atoms with Gasteiger partial charge in [-0.2, -0.15) is 0 Å². The number of rotatable bonds is 1. The normalized spacial score (nSPS) is 12.2. The molecule has 0 spiro atoms. The Morgan fingerprint density at radius 1 is 1.58 bits per heavy atom. The van der Waals surface area contributed by atoms with E-state index in [0.717, 1.165) is 0 Å². The number of nitrogens with zero attached hydrogens (tertiary/aromatic N) is 1. The van der Waals surface area contributed by atoms with Gasteiger partial charge < -0.3 is 5.32 Å². The molecule has 1 aromatic heterocycles. The van der Waals surface area contributed by atoms with Gasteiger partial charge in [0.15, 0.2) is 0 Å². The predicted molar refractivity (Wildman–Crippen MR) is 52.1 cm³/mol. The smallest absolute Gasteiger partial charge is 0.269 e. The Morgan fingerprint density at radius 2 is 2.33 bits per heavy atom. The molecule has 3 nitrogen and oxygen atoms in total. The van der Waals surface area contributed by atoms with Crippen LogP contribution in [0.5, 0.6) is 0 Å². The molecule has 0 bridgehead atoms. The van der Waals surface area contributed by atoms with Gasteiger partial charge in [-0.25, -0.2) is 0 Å². The molecule has 5 heteroatoms. The molecule has 0 aliphatic heterocycles. The second kappa shape index (κ2) is 6.88. The monoisotopic (exact) mass is 211 g/mol. The second-order valence-corrected chi connectivity index (χ2v) is 1.67. The molecule has 1 aromatic rings. The van der Waals surface area contributed by atoms with Crippen molar-refractivity contribution in [3.63, 3.8) is 0 Å². The van der Waals surface area contributed by atoms with E-state index < -0.39 is 12.9 Å². The third kappa shape index (κ3) is 3.55. The van der Waals surface area contributed by atoms with Crippen LogP contribution in [-0.2, 0) is 0 Å². The van der Waals surface area contributed by atoms with Crippen LogP contribution < -0.4 is 5.32 Å². The number of hydrogen-bond acceptors (Lipinski definition) is 2. The van der Waals surface area contributed by atoms with Gasteiger partial charge in [0.1, 0.15) is 5.69 Å². The van der Waals surface area contributed by atoms with E-state index in [1.807, 2.05) is 5.32 Å². The molecule has 0 saturated heterocycles. The average molecular weight is 212 g/mol. The predicted octanol–water partition coefficient (Wildman–Crippen LogP) is 1.28. The SMILES string of the molecule is Cl.Cl.[2H]C([2H])([2H])NC(=O)c1ccccn1. The van der Waals surface area contributed by atoms with Crippen LogP contribution in [0.3, 0.4) is 0 Å². The Kier molecular flexibility index (Phi) is 4.49. The second-order valence-electron chi connectivity index (χ2n) is 1.67. The first-order chi connectivity index (χ1) is 5.99. The zero-order chi connectivity index (χ0) is 9.90. The van der Waals surface area contributed by atoms with Gasteiger partial charge in [0.25, 0.3) is 5.91 Å². The van der Waals surface area contributed by atoms with E-state index in [9.17, 15) is 4.79 Å². The number of aromatic nitrogens is 1. The third-order valence-corrected chi connectivity index (χ3v) is 1.01. The lowest BCUT2D eigenvalue weighted by atomic mass is 10.3. The molecule has 1 rings (SSSR count). The van der Waals surface area contributed by atoms with Gasteiger partial charge in [0.2, 0.25) is 0 Å². The highest BCUT2D eigenvalue weighted by atomic mass is 35.5. The molecular formula is C7H10Cl2N2O. The molecule has 0 aliphatic carbocycles. The van der Waals surface area contributed by atoms with Crippen LogP contribution in [0, 0.1) is 0 Å². The third-order valence-electron chi connectivity index (χ3n) is 1.01. The Bertz CT molecular complexity index is 305. The maximum Gasteiger partial charge on any atom is 0.269 e. The van der Waals surface area contributed by atoms with Crippen molar-refractivity contribution in [2.45, 2.75) is 0 Å². The number of pyridine rings is 1. The Balaban J connectivity index is 0. The Labute approximate surface area is 87.6 Å². The summed E-state index contributed by atoms with van der Waals surface area (Å²) in [6, 6.07) is 4.70. The van der Waals surface area contributed by atoms with Gasteiger partial charge in [-0.15, -0.1) is 24.8 Å².